The van der Waals surface area contributed by atoms with E-state index in [1.807, 2.05) is 36.4 Å². The van der Waals surface area contributed by atoms with Crippen molar-refractivity contribution in [3.05, 3.63) is 65.9 Å². The highest BCUT2D eigenvalue weighted by molar-refractivity contribution is 5.77. The summed E-state index contributed by atoms with van der Waals surface area (Å²) in [6.45, 7) is 0.781. The highest BCUT2D eigenvalue weighted by Crippen LogP contribution is 2.42. The van der Waals surface area contributed by atoms with Crippen LogP contribution < -0.4 is 15.4 Å². The standard InChI is InChI=1S/C24H25N3O4/c25-24(9-3-10-24)17-7-5-16(6-8-17)22-18(20-4-1-2-12-30-20)14-19-23(26-22)31-13-11-27(19)15-21(28)29/h1-2,4-8,12,14,20H,3,9-11,13,15,25H2,(H,28,29). The van der Waals surface area contributed by atoms with E-state index in [0.717, 1.165) is 41.6 Å². The maximum absolute atomic E-state index is 11.3. The van der Waals surface area contributed by atoms with Crippen molar-refractivity contribution < 1.29 is 19.4 Å². The number of hydrogen-bond donors (Lipinski definition) is 2. The molecule has 7 heteroatoms. The predicted molar refractivity (Wildman–Crippen MR) is 117 cm³/mol. The minimum Gasteiger partial charge on any atom is -0.489 e. The number of carbonyl (C=O) groups is 1. The number of aliphatic carboxylic acids is 1. The number of pyridine rings is 1. The molecule has 160 valence electrons. The summed E-state index contributed by atoms with van der Waals surface area (Å²) in [4.78, 5) is 17.9. The van der Waals surface area contributed by atoms with Crippen LogP contribution in [-0.4, -0.2) is 35.8 Å². The van der Waals surface area contributed by atoms with Crippen molar-refractivity contribution in [3.8, 4) is 17.1 Å². The predicted octanol–water partition coefficient (Wildman–Crippen LogP) is 3.51. The molecule has 1 saturated carbocycles. The number of nitrogens with two attached hydrogens (primary N) is 1. The Hall–Kier alpha value is -3.32. The lowest BCUT2D eigenvalue weighted by molar-refractivity contribution is -0.135. The van der Waals surface area contributed by atoms with Gasteiger partial charge in [-0.1, -0.05) is 30.3 Å². The summed E-state index contributed by atoms with van der Waals surface area (Å²) in [5.74, 6) is -0.447. The third-order valence-electron chi connectivity index (χ3n) is 6.25. The van der Waals surface area contributed by atoms with Crippen LogP contribution in [0.2, 0.25) is 0 Å². The van der Waals surface area contributed by atoms with Crippen LogP contribution >= 0.6 is 0 Å². The van der Waals surface area contributed by atoms with Crippen molar-refractivity contribution in [2.45, 2.75) is 30.9 Å². The number of carboxylic acids is 1. The monoisotopic (exact) mass is 419 g/mol. The number of fused-ring (bicyclic) bond motifs is 1. The van der Waals surface area contributed by atoms with E-state index in [4.69, 9.17) is 20.2 Å². The van der Waals surface area contributed by atoms with Gasteiger partial charge in [-0.3, -0.25) is 4.79 Å². The molecule has 1 aliphatic carbocycles. The van der Waals surface area contributed by atoms with E-state index in [0.29, 0.717) is 24.7 Å². The Morgan fingerprint density at radius 1 is 1.26 bits per heavy atom. The van der Waals surface area contributed by atoms with Gasteiger partial charge >= 0.3 is 5.97 Å². The van der Waals surface area contributed by atoms with E-state index in [2.05, 4.69) is 12.1 Å². The molecular weight excluding hydrogens is 394 g/mol. The summed E-state index contributed by atoms with van der Waals surface area (Å²) < 4.78 is 11.6. The number of aromatic nitrogens is 1. The van der Waals surface area contributed by atoms with Crippen molar-refractivity contribution in [1.29, 1.82) is 0 Å². The first kappa shape index (κ1) is 19.6. The molecule has 2 aromatic rings. The fourth-order valence-electron chi connectivity index (χ4n) is 4.35. The van der Waals surface area contributed by atoms with Crippen molar-refractivity contribution >= 4 is 11.7 Å². The van der Waals surface area contributed by atoms with Crippen LogP contribution in [0.1, 0.15) is 36.5 Å². The Bertz CT molecular complexity index is 1060. The number of rotatable bonds is 5. The van der Waals surface area contributed by atoms with Gasteiger partial charge in [0.15, 0.2) is 0 Å². The lowest BCUT2D eigenvalue weighted by atomic mass is 9.72. The van der Waals surface area contributed by atoms with Gasteiger partial charge in [0, 0.05) is 16.7 Å². The fraction of sp³-hybridized carbons (Fsp3) is 0.333. The number of anilines is 1. The molecule has 31 heavy (non-hydrogen) atoms. The Kier molecular flexibility index (Phi) is 4.90. The number of allylic oxidation sites excluding steroid dienone is 2. The molecule has 7 nitrogen and oxygen atoms in total. The summed E-state index contributed by atoms with van der Waals surface area (Å²) in [5.41, 5.74) is 10.6. The van der Waals surface area contributed by atoms with Crippen molar-refractivity contribution in [3.63, 3.8) is 0 Å². The first-order valence-corrected chi connectivity index (χ1v) is 10.6. The number of hydrogen-bond acceptors (Lipinski definition) is 6. The summed E-state index contributed by atoms with van der Waals surface area (Å²) in [6, 6.07) is 10.2. The van der Waals surface area contributed by atoms with Crippen LogP contribution in [0.5, 0.6) is 5.88 Å². The Morgan fingerprint density at radius 2 is 2.06 bits per heavy atom. The van der Waals surface area contributed by atoms with Crippen LogP contribution in [0.3, 0.4) is 0 Å². The number of carboxylic acid groups (broad SMARTS) is 1. The molecule has 1 atom stereocenters. The molecule has 1 unspecified atom stereocenters. The molecule has 0 saturated heterocycles. The van der Waals surface area contributed by atoms with Gasteiger partial charge < -0.3 is 25.2 Å². The van der Waals surface area contributed by atoms with E-state index in [1.165, 1.54) is 0 Å². The van der Waals surface area contributed by atoms with E-state index >= 15 is 0 Å². The van der Waals surface area contributed by atoms with Crippen LogP contribution in [0.15, 0.2) is 54.8 Å². The second-order valence-corrected chi connectivity index (χ2v) is 8.27. The highest BCUT2D eigenvalue weighted by atomic mass is 16.5. The maximum atomic E-state index is 11.3. The van der Waals surface area contributed by atoms with Gasteiger partial charge in [-0.15, -0.1) is 0 Å². The first-order valence-electron chi connectivity index (χ1n) is 10.6. The molecule has 0 bridgehead atoms. The molecule has 5 rings (SSSR count). The Morgan fingerprint density at radius 3 is 2.71 bits per heavy atom. The topological polar surface area (TPSA) is 97.9 Å². The molecule has 2 aliphatic heterocycles. The third-order valence-corrected chi connectivity index (χ3v) is 6.25. The largest absolute Gasteiger partial charge is 0.489 e. The molecule has 0 radical (unpaired) electrons. The Labute approximate surface area is 180 Å². The average molecular weight is 419 g/mol. The minimum absolute atomic E-state index is 0.106. The molecule has 3 aliphatic rings. The molecule has 3 N–H and O–H groups in total. The number of benzene rings is 1. The molecule has 1 aromatic heterocycles. The molecule has 0 spiro atoms. The maximum Gasteiger partial charge on any atom is 0.323 e. The molecule has 1 aromatic carbocycles. The van der Waals surface area contributed by atoms with Gasteiger partial charge in [-0.2, -0.15) is 0 Å². The minimum atomic E-state index is -0.891. The van der Waals surface area contributed by atoms with Crippen LogP contribution in [-0.2, 0) is 15.1 Å². The van der Waals surface area contributed by atoms with E-state index in [1.54, 1.807) is 11.2 Å². The number of nitrogens with zero attached hydrogens (tertiary/aromatic N) is 2. The molecular formula is C24H25N3O4. The molecule has 0 amide bonds. The van der Waals surface area contributed by atoms with E-state index < -0.39 is 5.97 Å². The van der Waals surface area contributed by atoms with Crippen LogP contribution in [0.25, 0.3) is 11.3 Å². The van der Waals surface area contributed by atoms with Crippen molar-refractivity contribution in [2.75, 3.05) is 24.6 Å². The van der Waals surface area contributed by atoms with Gasteiger partial charge in [-0.05, 0) is 43.0 Å². The normalized spacial score (nSPS) is 20.9. The lowest BCUT2D eigenvalue weighted by Gasteiger charge is -2.38. The second-order valence-electron chi connectivity index (χ2n) is 8.27. The van der Waals surface area contributed by atoms with Crippen molar-refractivity contribution in [2.24, 2.45) is 5.73 Å². The zero-order chi connectivity index (χ0) is 21.4. The van der Waals surface area contributed by atoms with Gasteiger partial charge in [0.05, 0.1) is 18.5 Å². The quantitative estimate of drug-likeness (QED) is 0.765. The van der Waals surface area contributed by atoms with Crippen LogP contribution in [0.4, 0.5) is 5.69 Å². The zero-order valence-electron chi connectivity index (χ0n) is 17.2. The second kappa shape index (κ2) is 7.74. The van der Waals surface area contributed by atoms with Gasteiger partial charge in [0.1, 0.15) is 24.9 Å². The molecule has 1 fully saturated rings. The average Bonchev–Trinajstić information content (AvgIpc) is 2.77. The van der Waals surface area contributed by atoms with Crippen molar-refractivity contribution in [1.82, 2.24) is 4.98 Å². The van der Waals surface area contributed by atoms with Gasteiger partial charge in [0.25, 0.3) is 0 Å². The SMILES string of the molecule is NC1(c2ccc(-c3nc4c(cc3C3C=CC=CO3)N(CC(=O)O)CCO4)cc2)CCC1. The van der Waals surface area contributed by atoms with Gasteiger partial charge in [0.2, 0.25) is 5.88 Å². The lowest BCUT2D eigenvalue weighted by Crippen LogP contribution is -2.43. The summed E-state index contributed by atoms with van der Waals surface area (Å²) in [7, 11) is 0. The summed E-state index contributed by atoms with van der Waals surface area (Å²) >= 11 is 0. The smallest absolute Gasteiger partial charge is 0.323 e. The Balaban J connectivity index is 1.58. The van der Waals surface area contributed by atoms with Crippen LogP contribution in [0, 0.1) is 0 Å². The van der Waals surface area contributed by atoms with E-state index in [9.17, 15) is 9.90 Å². The summed E-state index contributed by atoms with van der Waals surface area (Å²) in [6.07, 6.45) is 10.2. The number of ether oxygens (including phenoxy) is 2. The molecule has 3 heterocycles. The van der Waals surface area contributed by atoms with E-state index in [-0.39, 0.29) is 18.2 Å². The zero-order valence-corrected chi connectivity index (χ0v) is 17.2. The summed E-state index contributed by atoms with van der Waals surface area (Å²) in [5, 5.41) is 9.30. The highest BCUT2D eigenvalue weighted by Gasteiger charge is 2.34. The first-order chi connectivity index (χ1) is 15.0. The third kappa shape index (κ3) is 3.65. The van der Waals surface area contributed by atoms with Gasteiger partial charge in [-0.25, -0.2) is 4.98 Å². The fourth-order valence-corrected chi connectivity index (χ4v) is 4.35.